The number of carbonyl (C=O) groups excluding carboxylic acids is 1. The van der Waals surface area contributed by atoms with Gasteiger partial charge in [-0.2, -0.15) is 0 Å². The first-order valence-corrected chi connectivity index (χ1v) is 21.4. The molecule has 3 aliphatic carbocycles. The molecule has 0 radical (unpaired) electrons. The highest BCUT2D eigenvalue weighted by Crippen LogP contribution is 2.59. The van der Waals surface area contributed by atoms with Crippen LogP contribution in [-0.4, -0.2) is 35.1 Å². The average Bonchev–Trinajstić information content (AvgIpc) is 3.15. The third-order valence-electron chi connectivity index (χ3n) is 11.6. The minimum Gasteiger partial charge on any atom is -0.410 e. The lowest BCUT2D eigenvalue weighted by molar-refractivity contribution is -0.113. The summed E-state index contributed by atoms with van der Waals surface area (Å²) in [6.45, 7) is 32.5. The molecule has 0 aromatic heterocycles. The van der Waals surface area contributed by atoms with Crippen LogP contribution in [0.3, 0.4) is 0 Å². The van der Waals surface area contributed by atoms with Gasteiger partial charge in [0, 0.05) is 5.92 Å². The topological polar surface area (TPSA) is 35.5 Å². The average molecular weight is 573 g/mol. The van der Waals surface area contributed by atoms with Crippen molar-refractivity contribution in [3.63, 3.8) is 0 Å². The van der Waals surface area contributed by atoms with Crippen molar-refractivity contribution in [1.82, 2.24) is 0 Å². The maximum atomic E-state index is 11.7. The van der Waals surface area contributed by atoms with Crippen molar-refractivity contribution in [3.8, 4) is 0 Å². The number of rotatable bonds is 7. The second kappa shape index (κ2) is 11.5. The molecule has 39 heavy (non-hydrogen) atoms. The Labute approximate surface area is 243 Å². The molecule has 3 aliphatic rings. The number of hydrogen-bond acceptors (Lipinski definition) is 3. The van der Waals surface area contributed by atoms with Crippen molar-refractivity contribution < 1.29 is 13.6 Å². The van der Waals surface area contributed by atoms with E-state index in [1.807, 2.05) is 0 Å². The molecule has 0 saturated heterocycles. The third-order valence-corrected chi connectivity index (χ3v) is 20.6. The molecule has 0 aliphatic heterocycles. The van der Waals surface area contributed by atoms with E-state index in [1.54, 1.807) is 5.57 Å². The molecule has 0 bridgehead atoms. The van der Waals surface area contributed by atoms with Gasteiger partial charge in [-0.1, -0.05) is 85.3 Å². The van der Waals surface area contributed by atoms with Gasteiger partial charge in [0.25, 0.3) is 0 Å². The number of fused-ring (bicyclic) bond motifs is 1. The van der Waals surface area contributed by atoms with Crippen molar-refractivity contribution in [2.45, 2.75) is 149 Å². The summed E-state index contributed by atoms with van der Waals surface area (Å²) in [5.41, 5.74) is 4.43. The van der Waals surface area contributed by atoms with Crippen LogP contribution in [0.25, 0.3) is 0 Å². The zero-order valence-electron chi connectivity index (χ0n) is 27.5. The lowest BCUT2D eigenvalue weighted by Crippen LogP contribution is -2.49. The summed E-state index contributed by atoms with van der Waals surface area (Å²) in [5.74, 6) is 1.27. The molecule has 3 saturated carbocycles. The first-order chi connectivity index (χ1) is 17.7. The van der Waals surface area contributed by atoms with Crippen LogP contribution < -0.4 is 0 Å². The SMILES string of the molecule is C=C1[C@H](O[Si](C)(C)C(C)(C)C)CC(=C/C=C2/CCCC3(C)C2CCC3[C@H](C)C=O)C[C@H]1O[Si](C)(C)C(C)(C)C. The molecule has 3 unspecified atom stereocenters. The molecule has 222 valence electrons. The van der Waals surface area contributed by atoms with Crippen LogP contribution in [0.1, 0.15) is 100 Å². The predicted octanol–water partition coefficient (Wildman–Crippen LogP) is 10.0. The van der Waals surface area contributed by atoms with E-state index < -0.39 is 16.6 Å². The molecular weight excluding hydrogens is 513 g/mol. The van der Waals surface area contributed by atoms with E-state index in [0.717, 1.165) is 18.4 Å². The van der Waals surface area contributed by atoms with Gasteiger partial charge in [0.05, 0.1) is 12.2 Å². The first kappa shape index (κ1) is 32.8. The summed E-state index contributed by atoms with van der Waals surface area (Å²) < 4.78 is 14.1. The Bertz CT molecular complexity index is 935. The fourth-order valence-electron chi connectivity index (χ4n) is 6.93. The van der Waals surface area contributed by atoms with E-state index in [0.29, 0.717) is 11.8 Å². The molecule has 0 heterocycles. The number of hydrogen-bond donors (Lipinski definition) is 0. The standard InChI is InChI=1S/C34H60O3Si2/c1-24(23-35)28-18-19-29-27(15-14-20-34(28,29)9)17-16-26-21-30(36-38(10,11)32(3,4)5)25(2)31(22-26)37-39(12,13)33(6,7)8/h16-17,23-24,28-31H,2,14-15,18-22H2,1,3-13H3/b27-17-/t24-,28?,29?,30-,31-,34?/m1/s1. The number of aldehydes is 1. The second-order valence-electron chi connectivity index (χ2n) is 16.4. The van der Waals surface area contributed by atoms with Crippen LogP contribution in [-0.2, 0) is 13.6 Å². The zero-order valence-corrected chi connectivity index (χ0v) is 29.5. The summed E-state index contributed by atoms with van der Waals surface area (Å²) in [6, 6.07) is 0. The van der Waals surface area contributed by atoms with Gasteiger partial charge < -0.3 is 13.6 Å². The fraction of sp³-hybridized carbons (Fsp3) is 0.794. The zero-order chi connectivity index (χ0) is 29.6. The molecule has 3 rings (SSSR count). The minimum absolute atomic E-state index is 0.0139. The summed E-state index contributed by atoms with van der Waals surface area (Å²) in [6.07, 6.45) is 14.0. The quantitative estimate of drug-likeness (QED) is 0.173. The van der Waals surface area contributed by atoms with Crippen molar-refractivity contribution in [2.24, 2.45) is 23.2 Å². The maximum absolute atomic E-state index is 11.7. The van der Waals surface area contributed by atoms with Gasteiger partial charge in [0.1, 0.15) is 6.29 Å². The molecular formula is C34H60O3Si2. The molecule has 0 aromatic rings. The van der Waals surface area contributed by atoms with E-state index in [9.17, 15) is 4.79 Å². The lowest BCUT2D eigenvalue weighted by Gasteiger charge is -2.46. The minimum atomic E-state index is -1.97. The number of carbonyl (C=O) groups is 1. The smallest absolute Gasteiger partial charge is 0.192 e. The monoisotopic (exact) mass is 572 g/mol. The van der Waals surface area contributed by atoms with Gasteiger partial charge in [-0.3, -0.25) is 0 Å². The summed E-state index contributed by atoms with van der Waals surface area (Å²) >= 11 is 0. The maximum Gasteiger partial charge on any atom is 0.192 e. The normalized spacial score (nSPS) is 32.8. The van der Waals surface area contributed by atoms with E-state index in [2.05, 4.69) is 100 Å². The molecule has 0 N–H and O–H groups in total. The third kappa shape index (κ3) is 6.84. The largest absolute Gasteiger partial charge is 0.410 e. The van der Waals surface area contributed by atoms with Crippen LogP contribution in [0.4, 0.5) is 0 Å². The molecule has 0 aromatic carbocycles. The van der Waals surface area contributed by atoms with Gasteiger partial charge in [0.15, 0.2) is 16.6 Å². The van der Waals surface area contributed by atoms with Gasteiger partial charge in [-0.15, -0.1) is 0 Å². The summed E-state index contributed by atoms with van der Waals surface area (Å²) in [4.78, 5) is 11.7. The van der Waals surface area contributed by atoms with Crippen molar-refractivity contribution in [3.05, 3.63) is 35.5 Å². The van der Waals surface area contributed by atoms with Gasteiger partial charge >= 0.3 is 0 Å². The van der Waals surface area contributed by atoms with Crippen molar-refractivity contribution in [1.29, 1.82) is 0 Å². The highest BCUT2D eigenvalue weighted by Gasteiger charge is 2.51. The van der Waals surface area contributed by atoms with E-state index in [4.69, 9.17) is 8.85 Å². The Hall–Kier alpha value is -0.756. The Kier molecular flexibility index (Phi) is 9.65. The van der Waals surface area contributed by atoms with Gasteiger partial charge in [0.2, 0.25) is 0 Å². The molecule has 3 fully saturated rings. The lowest BCUT2D eigenvalue weighted by atomic mass is 9.61. The molecule has 0 amide bonds. The van der Waals surface area contributed by atoms with Crippen LogP contribution in [0.15, 0.2) is 35.5 Å². The first-order valence-electron chi connectivity index (χ1n) is 15.6. The Balaban J connectivity index is 1.92. The van der Waals surface area contributed by atoms with Crippen LogP contribution in [0.2, 0.25) is 36.3 Å². The Morgan fingerprint density at radius 2 is 1.44 bits per heavy atom. The fourth-order valence-corrected chi connectivity index (χ4v) is 9.53. The van der Waals surface area contributed by atoms with E-state index in [1.165, 1.54) is 44.0 Å². The molecule has 0 spiro atoms. The molecule has 6 atom stereocenters. The summed E-state index contributed by atoms with van der Waals surface area (Å²) in [7, 11) is -3.94. The van der Waals surface area contributed by atoms with Crippen LogP contribution >= 0.6 is 0 Å². The second-order valence-corrected chi connectivity index (χ2v) is 25.9. The van der Waals surface area contributed by atoms with Gasteiger partial charge in [-0.05, 0) is 104 Å². The Morgan fingerprint density at radius 1 is 0.923 bits per heavy atom. The van der Waals surface area contributed by atoms with Crippen LogP contribution in [0, 0.1) is 23.2 Å². The number of allylic oxidation sites excluding steroid dienone is 3. The highest BCUT2D eigenvalue weighted by molar-refractivity contribution is 6.74. The van der Waals surface area contributed by atoms with Crippen LogP contribution in [0.5, 0.6) is 0 Å². The molecule has 3 nitrogen and oxygen atoms in total. The van der Waals surface area contributed by atoms with Crippen molar-refractivity contribution >= 4 is 22.9 Å². The van der Waals surface area contributed by atoms with E-state index in [-0.39, 0.29) is 33.6 Å². The molecule has 5 heteroatoms. The predicted molar refractivity (Wildman–Crippen MR) is 172 cm³/mol. The summed E-state index contributed by atoms with van der Waals surface area (Å²) in [5, 5.41) is 0.299. The highest BCUT2D eigenvalue weighted by atomic mass is 28.4. The Morgan fingerprint density at radius 3 is 1.90 bits per heavy atom. The van der Waals surface area contributed by atoms with Crippen molar-refractivity contribution in [2.75, 3.05) is 0 Å². The van der Waals surface area contributed by atoms with Gasteiger partial charge in [-0.25, -0.2) is 0 Å². The van der Waals surface area contributed by atoms with E-state index >= 15 is 0 Å².